The molecular formula is C16H21N5O2S2. The molecule has 25 heavy (non-hydrogen) atoms. The van der Waals surface area contributed by atoms with Crippen molar-refractivity contribution in [2.24, 2.45) is 0 Å². The molecule has 2 rings (SSSR count). The molecule has 0 atom stereocenters. The van der Waals surface area contributed by atoms with Gasteiger partial charge >= 0.3 is 6.03 Å². The largest absolute Gasteiger partial charge is 0.351 e. The molecule has 0 spiro atoms. The minimum absolute atomic E-state index is 0.0701. The first kappa shape index (κ1) is 19.2. The van der Waals surface area contributed by atoms with Gasteiger partial charge in [-0.3, -0.25) is 10.1 Å². The van der Waals surface area contributed by atoms with Crippen LogP contribution in [0, 0.1) is 6.92 Å². The Labute approximate surface area is 155 Å². The van der Waals surface area contributed by atoms with Gasteiger partial charge in [-0.2, -0.15) is 0 Å². The molecule has 0 aliphatic carbocycles. The molecular weight excluding hydrogens is 358 g/mol. The summed E-state index contributed by atoms with van der Waals surface area (Å²) >= 11 is 2.51. The number of amides is 3. The number of thioether (sulfide) groups is 1. The van der Waals surface area contributed by atoms with Crippen LogP contribution in [0.5, 0.6) is 0 Å². The van der Waals surface area contributed by atoms with E-state index in [-0.39, 0.29) is 23.2 Å². The summed E-state index contributed by atoms with van der Waals surface area (Å²) in [5.41, 5.74) is 1.55. The third-order valence-electron chi connectivity index (χ3n) is 2.78. The second kappa shape index (κ2) is 8.30. The van der Waals surface area contributed by atoms with Crippen molar-refractivity contribution in [2.75, 3.05) is 16.4 Å². The Bertz CT molecular complexity index is 738. The average molecular weight is 380 g/mol. The zero-order chi connectivity index (χ0) is 18.4. The lowest BCUT2D eigenvalue weighted by atomic mass is 10.1. The van der Waals surface area contributed by atoms with Crippen molar-refractivity contribution in [3.63, 3.8) is 0 Å². The molecule has 0 radical (unpaired) electrons. The average Bonchev–Trinajstić information content (AvgIpc) is 2.93. The van der Waals surface area contributed by atoms with E-state index < -0.39 is 0 Å². The van der Waals surface area contributed by atoms with Crippen molar-refractivity contribution < 1.29 is 9.59 Å². The Morgan fingerprint density at radius 3 is 2.44 bits per heavy atom. The number of benzene rings is 1. The van der Waals surface area contributed by atoms with Crippen LogP contribution >= 0.6 is 23.1 Å². The van der Waals surface area contributed by atoms with E-state index in [1.807, 2.05) is 52.0 Å². The third kappa shape index (κ3) is 7.10. The quantitative estimate of drug-likeness (QED) is 0.546. The van der Waals surface area contributed by atoms with Gasteiger partial charge < -0.3 is 10.6 Å². The number of urea groups is 1. The normalized spacial score (nSPS) is 11.0. The fraction of sp³-hybridized carbons (Fsp3) is 0.375. The van der Waals surface area contributed by atoms with Crippen molar-refractivity contribution in [1.82, 2.24) is 15.5 Å². The van der Waals surface area contributed by atoms with Crippen LogP contribution < -0.4 is 16.0 Å². The number of aryl methyl sites for hydroxylation is 1. The van der Waals surface area contributed by atoms with Gasteiger partial charge in [0.2, 0.25) is 11.0 Å². The van der Waals surface area contributed by atoms with E-state index in [1.54, 1.807) is 0 Å². The number of rotatable bonds is 5. The molecule has 7 nitrogen and oxygen atoms in total. The Hall–Kier alpha value is -2.13. The Morgan fingerprint density at radius 1 is 1.12 bits per heavy atom. The lowest BCUT2D eigenvalue weighted by Crippen LogP contribution is -2.41. The Kier molecular flexibility index (Phi) is 6.38. The molecule has 134 valence electrons. The Morgan fingerprint density at radius 2 is 1.80 bits per heavy atom. The van der Waals surface area contributed by atoms with Crippen LogP contribution in [0.15, 0.2) is 28.6 Å². The van der Waals surface area contributed by atoms with Gasteiger partial charge in [0.1, 0.15) is 0 Å². The first-order valence-corrected chi connectivity index (χ1v) is 9.43. The number of carbonyl (C=O) groups is 2. The van der Waals surface area contributed by atoms with Crippen molar-refractivity contribution in [1.29, 1.82) is 0 Å². The van der Waals surface area contributed by atoms with E-state index in [0.717, 1.165) is 5.56 Å². The highest BCUT2D eigenvalue weighted by molar-refractivity contribution is 8.01. The lowest BCUT2D eigenvalue weighted by Gasteiger charge is -2.19. The maximum atomic E-state index is 11.9. The molecule has 2 aromatic rings. The van der Waals surface area contributed by atoms with E-state index in [9.17, 15) is 9.59 Å². The van der Waals surface area contributed by atoms with Crippen molar-refractivity contribution in [3.05, 3.63) is 29.8 Å². The first-order valence-electron chi connectivity index (χ1n) is 7.63. The number of aromatic nitrogens is 2. The van der Waals surface area contributed by atoms with Crippen molar-refractivity contribution in [3.8, 4) is 0 Å². The summed E-state index contributed by atoms with van der Waals surface area (Å²) in [5, 5.41) is 16.5. The molecule has 1 aromatic heterocycles. The summed E-state index contributed by atoms with van der Waals surface area (Å²) in [6, 6.07) is 7.09. The lowest BCUT2D eigenvalue weighted by molar-refractivity contribution is -0.119. The van der Waals surface area contributed by atoms with Gasteiger partial charge in [0.15, 0.2) is 4.34 Å². The van der Waals surface area contributed by atoms with Gasteiger partial charge in [0.25, 0.3) is 0 Å². The van der Waals surface area contributed by atoms with E-state index in [0.29, 0.717) is 15.2 Å². The SMILES string of the molecule is Cc1ccc(NC(=O)Nc2nnc(SCC(=O)NC(C)(C)C)s2)cc1. The highest BCUT2D eigenvalue weighted by Crippen LogP contribution is 2.25. The second-order valence-electron chi connectivity index (χ2n) is 6.41. The van der Waals surface area contributed by atoms with Crippen LogP contribution in [0.3, 0.4) is 0 Å². The van der Waals surface area contributed by atoms with E-state index in [4.69, 9.17) is 0 Å². The fourth-order valence-corrected chi connectivity index (χ4v) is 3.34. The maximum Gasteiger partial charge on any atom is 0.325 e. The van der Waals surface area contributed by atoms with E-state index >= 15 is 0 Å². The minimum Gasteiger partial charge on any atom is -0.351 e. The van der Waals surface area contributed by atoms with E-state index in [1.165, 1.54) is 23.1 Å². The molecule has 3 amide bonds. The van der Waals surface area contributed by atoms with Gasteiger partial charge in [-0.1, -0.05) is 40.8 Å². The molecule has 3 N–H and O–H groups in total. The summed E-state index contributed by atoms with van der Waals surface area (Å²) in [4.78, 5) is 23.7. The predicted molar refractivity (Wildman–Crippen MR) is 102 cm³/mol. The molecule has 0 bridgehead atoms. The van der Waals surface area contributed by atoms with Crippen LogP contribution in [-0.2, 0) is 4.79 Å². The summed E-state index contributed by atoms with van der Waals surface area (Å²) in [6.07, 6.45) is 0. The molecule has 0 saturated heterocycles. The maximum absolute atomic E-state index is 11.9. The number of nitrogens with zero attached hydrogens (tertiary/aromatic N) is 2. The predicted octanol–water partition coefficient (Wildman–Crippen LogP) is 3.50. The highest BCUT2D eigenvalue weighted by Gasteiger charge is 2.15. The number of carbonyl (C=O) groups excluding carboxylic acids is 2. The zero-order valence-electron chi connectivity index (χ0n) is 14.5. The molecule has 1 aromatic carbocycles. The van der Waals surface area contributed by atoms with E-state index in [2.05, 4.69) is 26.1 Å². The van der Waals surface area contributed by atoms with Gasteiger partial charge in [-0.25, -0.2) is 4.79 Å². The molecule has 1 heterocycles. The number of anilines is 2. The van der Waals surface area contributed by atoms with Crippen LogP contribution in [0.1, 0.15) is 26.3 Å². The second-order valence-corrected chi connectivity index (χ2v) is 8.61. The van der Waals surface area contributed by atoms with Gasteiger partial charge in [0.05, 0.1) is 5.75 Å². The zero-order valence-corrected chi connectivity index (χ0v) is 16.2. The summed E-state index contributed by atoms with van der Waals surface area (Å²) in [6.45, 7) is 7.76. The number of hydrogen-bond acceptors (Lipinski definition) is 6. The standard InChI is InChI=1S/C16H21N5O2S2/c1-10-5-7-11(8-6-10)17-13(23)18-14-20-21-15(25-14)24-9-12(22)19-16(2,3)4/h5-8H,9H2,1-4H3,(H,19,22)(H2,17,18,20,23). The van der Waals surface area contributed by atoms with Crippen LogP contribution in [0.2, 0.25) is 0 Å². The molecule has 0 aliphatic rings. The molecule has 0 saturated carbocycles. The number of hydrogen-bond donors (Lipinski definition) is 3. The number of nitrogens with one attached hydrogen (secondary N) is 3. The molecule has 9 heteroatoms. The monoisotopic (exact) mass is 379 g/mol. The summed E-state index contributed by atoms with van der Waals surface area (Å²) in [7, 11) is 0. The Balaban J connectivity index is 1.81. The van der Waals surface area contributed by atoms with Crippen LogP contribution in [-0.4, -0.2) is 33.4 Å². The summed E-state index contributed by atoms with van der Waals surface area (Å²) in [5.74, 6) is 0.181. The molecule has 0 aliphatic heterocycles. The third-order valence-corrected chi connectivity index (χ3v) is 4.75. The summed E-state index contributed by atoms with van der Waals surface area (Å²) < 4.78 is 0.620. The van der Waals surface area contributed by atoms with Crippen LogP contribution in [0.4, 0.5) is 15.6 Å². The molecule has 0 fully saturated rings. The van der Waals surface area contributed by atoms with Gasteiger partial charge in [0, 0.05) is 11.2 Å². The van der Waals surface area contributed by atoms with Crippen molar-refractivity contribution in [2.45, 2.75) is 37.6 Å². The topological polar surface area (TPSA) is 96.0 Å². The first-order chi connectivity index (χ1) is 11.7. The van der Waals surface area contributed by atoms with Crippen LogP contribution in [0.25, 0.3) is 0 Å². The smallest absolute Gasteiger partial charge is 0.325 e. The van der Waals surface area contributed by atoms with Gasteiger partial charge in [-0.15, -0.1) is 10.2 Å². The van der Waals surface area contributed by atoms with Gasteiger partial charge in [-0.05, 0) is 39.8 Å². The highest BCUT2D eigenvalue weighted by atomic mass is 32.2. The minimum atomic E-state index is -0.387. The van der Waals surface area contributed by atoms with Crippen molar-refractivity contribution >= 4 is 45.9 Å². The fourth-order valence-electron chi connectivity index (χ4n) is 1.80. The molecule has 0 unspecified atom stereocenters.